The van der Waals surface area contributed by atoms with E-state index in [1.807, 2.05) is 18.2 Å². The van der Waals surface area contributed by atoms with Gasteiger partial charge in [0.15, 0.2) is 5.82 Å². The number of hydrogen-bond donors (Lipinski definition) is 1. The van der Waals surface area contributed by atoms with E-state index in [1.165, 1.54) is 10.6 Å². The van der Waals surface area contributed by atoms with Gasteiger partial charge in [-0.05, 0) is 18.4 Å². The highest BCUT2D eigenvalue weighted by Gasteiger charge is 2.27. The smallest absolute Gasteiger partial charge is 0.211 e. The van der Waals surface area contributed by atoms with Crippen LogP contribution in [0.15, 0.2) is 35.7 Å². The van der Waals surface area contributed by atoms with Crippen molar-refractivity contribution in [1.82, 2.24) is 14.3 Å². The second kappa shape index (κ2) is 8.35. The van der Waals surface area contributed by atoms with Crippen LogP contribution in [0.25, 0.3) is 21.3 Å². The summed E-state index contributed by atoms with van der Waals surface area (Å²) in [4.78, 5) is 10.3. The Bertz CT molecular complexity index is 1100. The molecular weight excluding hydrogens is 408 g/mol. The Morgan fingerprint density at radius 2 is 2.07 bits per heavy atom. The van der Waals surface area contributed by atoms with Crippen molar-refractivity contribution < 1.29 is 13.2 Å². The Kier molecular flexibility index (Phi) is 5.82. The van der Waals surface area contributed by atoms with Crippen LogP contribution < -0.4 is 5.32 Å². The summed E-state index contributed by atoms with van der Waals surface area (Å²) in [7, 11) is -1.59. The van der Waals surface area contributed by atoms with E-state index in [1.54, 1.807) is 18.4 Å². The van der Waals surface area contributed by atoms with Gasteiger partial charge in [-0.2, -0.15) is 0 Å². The monoisotopic (exact) mass is 432 g/mol. The van der Waals surface area contributed by atoms with Crippen molar-refractivity contribution in [3.8, 4) is 11.1 Å². The molecule has 1 unspecified atom stereocenters. The molecule has 7 nitrogen and oxygen atoms in total. The Labute approximate surface area is 174 Å². The number of benzene rings is 1. The molecule has 0 saturated carbocycles. The fourth-order valence-electron chi connectivity index (χ4n) is 3.67. The molecule has 0 bridgehead atoms. The van der Waals surface area contributed by atoms with Gasteiger partial charge in [0.2, 0.25) is 10.0 Å². The van der Waals surface area contributed by atoms with Crippen molar-refractivity contribution in [2.45, 2.75) is 25.5 Å². The van der Waals surface area contributed by atoms with Crippen LogP contribution in [-0.4, -0.2) is 55.2 Å². The van der Waals surface area contributed by atoms with Gasteiger partial charge >= 0.3 is 0 Å². The molecule has 1 saturated heterocycles. The van der Waals surface area contributed by atoms with Crippen molar-refractivity contribution in [2.75, 3.05) is 31.8 Å². The van der Waals surface area contributed by atoms with Crippen LogP contribution in [0, 0.1) is 0 Å². The van der Waals surface area contributed by atoms with Gasteiger partial charge in [0.05, 0.1) is 11.6 Å². The zero-order valence-electron chi connectivity index (χ0n) is 16.5. The third-order valence-corrected chi connectivity index (χ3v) is 7.17. The van der Waals surface area contributed by atoms with Crippen LogP contribution in [0.4, 0.5) is 5.82 Å². The van der Waals surface area contributed by atoms with Crippen LogP contribution in [0.3, 0.4) is 0 Å². The van der Waals surface area contributed by atoms with Crippen molar-refractivity contribution >= 4 is 37.4 Å². The molecule has 1 fully saturated rings. The summed E-state index contributed by atoms with van der Waals surface area (Å²) in [5.41, 5.74) is 2.18. The Morgan fingerprint density at radius 1 is 1.28 bits per heavy atom. The van der Waals surface area contributed by atoms with E-state index in [0.717, 1.165) is 40.0 Å². The van der Waals surface area contributed by atoms with Gasteiger partial charge < -0.3 is 10.1 Å². The summed E-state index contributed by atoms with van der Waals surface area (Å²) in [6.07, 6.45) is 2.97. The van der Waals surface area contributed by atoms with Crippen molar-refractivity contribution in [1.29, 1.82) is 0 Å². The molecular formula is C20H24N4O3S2. The summed E-state index contributed by atoms with van der Waals surface area (Å²) in [6.45, 7) is 1.33. The minimum absolute atomic E-state index is 0.00417. The van der Waals surface area contributed by atoms with Crippen LogP contribution in [0.2, 0.25) is 0 Å². The average molecular weight is 433 g/mol. The van der Waals surface area contributed by atoms with Crippen LogP contribution in [0.1, 0.15) is 18.7 Å². The zero-order valence-corrected chi connectivity index (χ0v) is 18.1. The molecule has 1 N–H and O–H groups in total. The second-order valence-corrected chi connectivity index (χ2v) is 10.1. The predicted octanol–water partition coefficient (Wildman–Crippen LogP) is 3.34. The van der Waals surface area contributed by atoms with Crippen molar-refractivity contribution in [3.05, 3.63) is 41.5 Å². The predicted molar refractivity (Wildman–Crippen MR) is 117 cm³/mol. The molecule has 9 heteroatoms. The van der Waals surface area contributed by atoms with E-state index in [4.69, 9.17) is 9.72 Å². The Morgan fingerprint density at radius 3 is 2.79 bits per heavy atom. The summed E-state index contributed by atoms with van der Waals surface area (Å²) in [6, 6.07) is 10.1. The number of rotatable bonds is 6. The van der Waals surface area contributed by atoms with Crippen LogP contribution in [0.5, 0.6) is 0 Å². The minimum atomic E-state index is -3.21. The number of methoxy groups -OCH3 is 1. The van der Waals surface area contributed by atoms with Gasteiger partial charge in [-0.1, -0.05) is 30.3 Å². The van der Waals surface area contributed by atoms with Crippen molar-refractivity contribution in [3.63, 3.8) is 0 Å². The topological polar surface area (TPSA) is 84.4 Å². The molecule has 3 heterocycles. The number of hydrogen-bond acceptors (Lipinski definition) is 7. The lowest BCUT2D eigenvalue weighted by Gasteiger charge is -2.31. The van der Waals surface area contributed by atoms with E-state index in [-0.39, 0.29) is 6.04 Å². The summed E-state index contributed by atoms with van der Waals surface area (Å²) < 4.78 is 30.8. The molecule has 1 aliphatic heterocycles. The number of sulfonamides is 1. The lowest BCUT2D eigenvalue weighted by Crippen LogP contribution is -2.44. The van der Waals surface area contributed by atoms with Gasteiger partial charge in [0.25, 0.3) is 0 Å². The van der Waals surface area contributed by atoms with E-state index in [9.17, 15) is 8.42 Å². The lowest BCUT2D eigenvalue weighted by molar-refractivity contribution is 0.178. The SMILES string of the molecule is COCc1nc(NC2CCCN(S(C)(=O)=O)C2)c2c(-c3ccccc3)csc2n1. The normalized spacial score (nSPS) is 18.2. The Balaban J connectivity index is 1.74. The van der Waals surface area contributed by atoms with Gasteiger partial charge in [-0.15, -0.1) is 11.3 Å². The number of nitrogens with zero attached hydrogens (tertiary/aromatic N) is 3. The maximum Gasteiger partial charge on any atom is 0.211 e. The number of thiophene rings is 1. The maximum atomic E-state index is 12.0. The third kappa shape index (κ3) is 4.42. The largest absolute Gasteiger partial charge is 0.377 e. The fourth-order valence-corrected chi connectivity index (χ4v) is 5.55. The highest BCUT2D eigenvalue weighted by Crippen LogP contribution is 2.37. The second-order valence-electron chi connectivity index (χ2n) is 7.22. The molecule has 0 radical (unpaired) electrons. The minimum Gasteiger partial charge on any atom is -0.377 e. The summed E-state index contributed by atoms with van der Waals surface area (Å²) in [5, 5.41) is 6.58. The van der Waals surface area contributed by atoms with E-state index < -0.39 is 10.0 Å². The number of ether oxygens (including phenoxy) is 1. The number of anilines is 1. The number of nitrogens with one attached hydrogen (secondary N) is 1. The fraction of sp³-hybridized carbons (Fsp3) is 0.400. The van der Waals surface area contributed by atoms with Crippen molar-refractivity contribution in [2.24, 2.45) is 0 Å². The highest BCUT2D eigenvalue weighted by atomic mass is 32.2. The first-order chi connectivity index (χ1) is 14.0. The zero-order chi connectivity index (χ0) is 20.4. The van der Waals surface area contributed by atoms with Gasteiger partial charge in [0.1, 0.15) is 17.3 Å². The molecule has 1 atom stereocenters. The first-order valence-electron chi connectivity index (χ1n) is 9.50. The van der Waals surface area contributed by atoms with Crippen LogP contribution in [-0.2, 0) is 21.4 Å². The quantitative estimate of drug-likeness (QED) is 0.643. The third-order valence-electron chi connectivity index (χ3n) is 5.03. The first-order valence-corrected chi connectivity index (χ1v) is 12.2. The molecule has 0 aliphatic carbocycles. The average Bonchev–Trinajstić information content (AvgIpc) is 3.13. The molecule has 2 aromatic heterocycles. The number of fused-ring (bicyclic) bond motifs is 1. The molecule has 3 aromatic rings. The number of aromatic nitrogens is 2. The summed E-state index contributed by atoms with van der Waals surface area (Å²) >= 11 is 1.58. The van der Waals surface area contributed by atoms with Crippen LogP contribution >= 0.6 is 11.3 Å². The molecule has 1 aliphatic rings. The maximum absolute atomic E-state index is 12.0. The van der Waals surface area contributed by atoms with E-state index in [2.05, 4.69) is 27.8 Å². The Hall–Kier alpha value is -2.07. The van der Waals surface area contributed by atoms with Gasteiger partial charge in [-0.25, -0.2) is 22.7 Å². The number of piperidine rings is 1. The van der Waals surface area contributed by atoms with Gasteiger partial charge in [-0.3, -0.25) is 0 Å². The highest BCUT2D eigenvalue weighted by molar-refractivity contribution is 7.88. The molecule has 154 valence electrons. The standard InChI is InChI=1S/C20H24N4O3S2/c1-27-12-17-22-19(21-15-9-6-10-24(11-15)29(2,25)26)18-16(13-28-20(18)23-17)14-7-4-3-5-8-14/h3-5,7-8,13,15H,6,9-12H2,1-2H3,(H,21,22,23). The molecule has 1 aromatic carbocycles. The molecule has 4 rings (SSSR count). The lowest BCUT2D eigenvalue weighted by atomic mass is 10.0. The van der Waals surface area contributed by atoms with E-state index >= 15 is 0 Å². The van der Waals surface area contributed by atoms with E-state index in [0.29, 0.717) is 25.5 Å². The molecule has 0 spiro atoms. The first kappa shape index (κ1) is 20.2. The molecule has 29 heavy (non-hydrogen) atoms. The van der Waals surface area contributed by atoms with Gasteiger partial charge in [0, 0.05) is 37.2 Å². The molecule has 0 amide bonds. The summed E-state index contributed by atoms with van der Waals surface area (Å²) in [5.74, 6) is 1.35.